The average Bonchev–Trinajstić information content (AvgIpc) is 2.28. The predicted octanol–water partition coefficient (Wildman–Crippen LogP) is -0.196. The lowest BCUT2D eigenvalue weighted by molar-refractivity contribution is 0.265. The second kappa shape index (κ2) is 5.40. The fraction of sp³-hybridized carbons (Fsp3) is 0.400. The Morgan fingerprint density at radius 1 is 1.38 bits per heavy atom. The Morgan fingerprint density at radius 3 is 2.38 bits per heavy atom. The molecule has 90 valence electrons. The third-order valence-corrected chi connectivity index (χ3v) is 3.70. The van der Waals surface area contributed by atoms with Crippen LogP contribution in [0.1, 0.15) is 12.5 Å². The molecule has 1 aromatic carbocycles. The maximum Gasteiger partial charge on any atom is 0.240 e. The minimum atomic E-state index is -3.55. The van der Waals surface area contributed by atoms with E-state index in [2.05, 4.69) is 4.72 Å². The van der Waals surface area contributed by atoms with E-state index in [1.807, 2.05) is 0 Å². The highest BCUT2D eigenvalue weighted by Gasteiger charge is 2.16. The maximum atomic E-state index is 11.7. The molecule has 4 N–H and O–H groups in total. The zero-order valence-corrected chi connectivity index (χ0v) is 9.87. The summed E-state index contributed by atoms with van der Waals surface area (Å²) < 4.78 is 25.8. The summed E-state index contributed by atoms with van der Waals surface area (Å²) in [6.45, 7) is 1.73. The molecule has 0 saturated carbocycles. The fourth-order valence-electron chi connectivity index (χ4n) is 1.17. The van der Waals surface area contributed by atoms with Crippen molar-refractivity contribution in [2.45, 2.75) is 24.4 Å². The molecule has 0 heterocycles. The maximum absolute atomic E-state index is 11.7. The topological polar surface area (TPSA) is 92.4 Å². The molecule has 1 atom stereocenters. The molecule has 0 aliphatic carbocycles. The van der Waals surface area contributed by atoms with Crippen molar-refractivity contribution in [1.82, 2.24) is 4.72 Å². The summed E-state index contributed by atoms with van der Waals surface area (Å²) in [6, 6.07) is 5.82. The number of benzene rings is 1. The van der Waals surface area contributed by atoms with Gasteiger partial charge in [-0.3, -0.25) is 0 Å². The normalized spacial score (nSPS) is 13.7. The smallest absolute Gasteiger partial charge is 0.240 e. The first-order valence-corrected chi connectivity index (χ1v) is 6.40. The molecule has 16 heavy (non-hydrogen) atoms. The van der Waals surface area contributed by atoms with Crippen LogP contribution < -0.4 is 10.5 Å². The first-order valence-electron chi connectivity index (χ1n) is 4.92. The number of nitrogens with one attached hydrogen (secondary N) is 1. The van der Waals surface area contributed by atoms with Crippen LogP contribution in [0.4, 0.5) is 0 Å². The molecule has 1 aromatic rings. The highest BCUT2D eigenvalue weighted by atomic mass is 32.2. The van der Waals surface area contributed by atoms with Gasteiger partial charge in [-0.05, 0) is 24.6 Å². The van der Waals surface area contributed by atoms with E-state index < -0.39 is 16.1 Å². The predicted molar refractivity (Wildman–Crippen MR) is 61.2 cm³/mol. The van der Waals surface area contributed by atoms with Gasteiger partial charge in [0.05, 0.1) is 11.5 Å². The van der Waals surface area contributed by atoms with Crippen LogP contribution in [0.15, 0.2) is 29.2 Å². The molecular weight excluding hydrogens is 228 g/mol. The number of hydrogen-bond donors (Lipinski definition) is 3. The van der Waals surface area contributed by atoms with Crippen molar-refractivity contribution in [3.63, 3.8) is 0 Å². The molecule has 0 spiro atoms. The van der Waals surface area contributed by atoms with Crippen LogP contribution in [0, 0.1) is 0 Å². The van der Waals surface area contributed by atoms with Gasteiger partial charge in [0.2, 0.25) is 10.0 Å². The SMILES string of the molecule is C[C@@H](CO)NS(=O)(=O)c1ccc(CN)cc1. The Bertz CT molecular complexity index is 428. The lowest BCUT2D eigenvalue weighted by Gasteiger charge is -2.11. The van der Waals surface area contributed by atoms with Gasteiger partial charge in [-0.2, -0.15) is 0 Å². The van der Waals surface area contributed by atoms with Gasteiger partial charge in [0.15, 0.2) is 0 Å². The number of nitrogens with two attached hydrogens (primary N) is 1. The molecule has 0 saturated heterocycles. The number of sulfonamides is 1. The van der Waals surface area contributed by atoms with Gasteiger partial charge >= 0.3 is 0 Å². The number of aliphatic hydroxyl groups excluding tert-OH is 1. The quantitative estimate of drug-likeness (QED) is 0.669. The van der Waals surface area contributed by atoms with Crippen LogP contribution in [0.5, 0.6) is 0 Å². The van der Waals surface area contributed by atoms with Gasteiger partial charge in [0.1, 0.15) is 0 Å². The lowest BCUT2D eigenvalue weighted by atomic mass is 10.2. The molecule has 5 nitrogen and oxygen atoms in total. The van der Waals surface area contributed by atoms with E-state index in [1.54, 1.807) is 19.1 Å². The minimum Gasteiger partial charge on any atom is -0.395 e. The second-order valence-electron chi connectivity index (χ2n) is 3.55. The molecule has 0 amide bonds. The Morgan fingerprint density at radius 2 is 1.94 bits per heavy atom. The highest BCUT2D eigenvalue weighted by Crippen LogP contribution is 2.10. The van der Waals surface area contributed by atoms with Crippen LogP contribution in [-0.4, -0.2) is 26.2 Å². The second-order valence-corrected chi connectivity index (χ2v) is 5.27. The zero-order chi connectivity index (χ0) is 12.2. The van der Waals surface area contributed by atoms with Crippen molar-refractivity contribution in [3.8, 4) is 0 Å². The van der Waals surface area contributed by atoms with Crippen molar-refractivity contribution in [1.29, 1.82) is 0 Å². The van der Waals surface area contributed by atoms with Crippen LogP contribution in [0.25, 0.3) is 0 Å². The van der Waals surface area contributed by atoms with E-state index in [0.29, 0.717) is 6.54 Å². The number of aliphatic hydroxyl groups is 1. The highest BCUT2D eigenvalue weighted by molar-refractivity contribution is 7.89. The Labute approximate surface area is 95.3 Å². The Balaban J connectivity index is 2.90. The monoisotopic (exact) mass is 244 g/mol. The van der Waals surface area contributed by atoms with E-state index in [-0.39, 0.29) is 11.5 Å². The van der Waals surface area contributed by atoms with Crippen molar-refractivity contribution in [3.05, 3.63) is 29.8 Å². The molecule has 6 heteroatoms. The van der Waals surface area contributed by atoms with E-state index >= 15 is 0 Å². The van der Waals surface area contributed by atoms with Gasteiger partial charge in [-0.25, -0.2) is 13.1 Å². The molecule has 0 aliphatic heterocycles. The minimum absolute atomic E-state index is 0.171. The van der Waals surface area contributed by atoms with Crippen molar-refractivity contribution in [2.75, 3.05) is 6.61 Å². The summed E-state index contributed by atoms with van der Waals surface area (Å²) in [5.41, 5.74) is 6.28. The molecule has 0 aliphatic rings. The number of rotatable bonds is 5. The van der Waals surface area contributed by atoms with Gasteiger partial charge < -0.3 is 10.8 Å². The third kappa shape index (κ3) is 3.28. The summed E-state index contributed by atoms with van der Waals surface area (Å²) in [7, 11) is -3.55. The van der Waals surface area contributed by atoms with E-state index in [4.69, 9.17) is 10.8 Å². The van der Waals surface area contributed by atoms with Gasteiger partial charge in [0.25, 0.3) is 0 Å². The molecule has 0 radical (unpaired) electrons. The molecule has 1 rings (SSSR count). The summed E-state index contributed by atoms with van der Waals surface area (Å²) >= 11 is 0. The van der Waals surface area contributed by atoms with Crippen LogP contribution in [0.2, 0.25) is 0 Å². The first-order chi connectivity index (χ1) is 7.49. The molecule has 0 bridgehead atoms. The first kappa shape index (κ1) is 13.1. The molecule has 0 fully saturated rings. The van der Waals surface area contributed by atoms with Gasteiger partial charge in [0, 0.05) is 12.6 Å². The van der Waals surface area contributed by atoms with E-state index in [1.165, 1.54) is 12.1 Å². The summed E-state index contributed by atoms with van der Waals surface area (Å²) in [4.78, 5) is 0.171. The fourth-order valence-corrected chi connectivity index (χ4v) is 2.41. The summed E-state index contributed by atoms with van der Waals surface area (Å²) in [6.07, 6.45) is 0. The molecule has 0 aromatic heterocycles. The summed E-state index contributed by atoms with van der Waals surface area (Å²) in [5, 5.41) is 8.78. The number of hydrogen-bond acceptors (Lipinski definition) is 4. The van der Waals surface area contributed by atoms with Crippen molar-refractivity contribution in [2.24, 2.45) is 5.73 Å². The lowest BCUT2D eigenvalue weighted by Crippen LogP contribution is -2.34. The average molecular weight is 244 g/mol. The Hall–Kier alpha value is -0.950. The van der Waals surface area contributed by atoms with Crippen LogP contribution >= 0.6 is 0 Å². The Kier molecular flexibility index (Phi) is 4.43. The third-order valence-electron chi connectivity index (χ3n) is 2.10. The van der Waals surface area contributed by atoms with Gasteiger partial charge in [-0.15, -0.1) is 0 Å². The van der Waals surface area contributed by atoms with Crippen molar-refractivity contribution < 1.29 is 13.5 Å². The van der Waals surface area contributed by atoms with Gasteiger partial charge in [-0.1, -0.05) is 12.1 Å². The molecule has 0 unspecified atom stereocenters. The zero-order valence-electron chi connectivity index (χ0n) is 9.05. The van der Waals surface area contributed by atoms with Crippen LogP contribution in [-0.2, 0) is 16.6 Å². The van der Waals surface area contributed by atoms with E-state index in [0.717, 1.165) is 5.56 Å². The van der Waals surface area contributed by atoms with Crippen molar-refractivity contribution >= 4 is 10.0 Å². The summed E-state index contributed by atoms with van der Waals surface area (Å²) in [5.74, 6) is 0. The van der Waals surface area contributed by atoms with E-state index in [9.17, 15) is 8.42 Å². The standard InChI is InChI=1S/C10H16N2O3S/c1-8(7-13)12-16(14,15)10-4-2-9(6-11)3-5-10/h2-5,8,12-13H,6-7,11H2,1H3/t8-/m0/s1. The molecular formula is C10H16N2O3S. The largest absolute Gasteiger partial charge is 0.395 e. The van der Waals surface area contributed by atoms with Crippen LogP contribution in [0.3, 0.4) is 0 Å².